The molecule has 4 heterocycles. The first-order valence-electron chi connectivity index (χ1n) is 11.9. The van der Waals surface area contributed by atoms with Crippen LogP contribution in [0, 0.1) is 11.2 Å². The molecule has 3 aliphatic heterocycles. The Labute approximate surface area is 199 Å². The van der Waals surface area contributed by atoms with Crippen LogP contribution in [0.1, 0.15) is 43.5 Å². The molecule has 3 aliphatic rings. The van der Waals surface area contributed by atoms with Gasteiger partial charge in [-0.3, -0.25) is 4.90 Å². The minimum Gasteiger partial charge on any atom is -0.464 e. The highest BCUT2D eigenvalue weighted by atomic mass is 32.1. The number of nitrogens with zero attached hydrogens (tertiary/aromatic N) is 2. The number of aromatic nitrogens is 1. The Morgan fingerprint density at radius 1 is 1.18 bits per heavy atom. The normalized spacial score (nSPS) is 23.7. The summed E-state index contributed by atoms with van der Waals surface area (Å²) in [5.74, 6) is -0.346. The van der Waals surface area contributed by atoms with Crippen molar-refractivity contribution in [2.75, 3.05) is 25.0 Å². The molecular weight excluding hydrogens is 433 g/mol. The highest BCUT2D eigenvalue weighted by molar-refractivity contribution is 7.80. The maximum atomic E-state index is 14.0. The number of ether oxygens (including phenoxy) is 1. The van der Waals surface area contributed by atoms with Crippen molar-refractivity contribution in [2.24, 2.45) is 5.41 Å². The van der Waals surface area contributed by atoms with Gasteiger partial charge < -0.3 is 14.6 Å². The second kappa shape index (κ2) is 7.96. The molecular formula is C27H28FN3OS. The van der Waals surface area contributed by atoms with Gasteiger partial charge in [0.1, 0.15) is 12.4 Å². The van der Waals surface area contributed by atoms with Crippen LogP contribution in [0.15, 0.2) is 54.6 Å². The summed E-state index contributed by atoms with van der Waals surface area (Å²) in [6.45, 7) is 4.96. The lowest BCUT2D eigenvalue weighted by Gasteiger charge is -2.53. The van der Waals surface area contributed by atoms with Crippen LogP contribution in [0.3, 0.4) is 0 Å². The molecule has 4 nitrogen and oxygen atoms in total. The van der Waals surface area contributed by atoms with Gasteiger partial charge in [-0.05, 0) is 68.2 Å². The van der Waals surface area contributed by atoms with E-state index in [2.05, 4.69) is 52.0 Å². The van der Waals surface area contributed by atoms with E-state index in [0.717, 1.165) is 25.1 Å². The average molecular weight is 462 g/mol. The fourth-order valence-electron chi connectivity index (χ4n) is 6.34. The number of fused-ring (bicyclic) bond motifs is 3. The van der Waals surface area contributed by atoms with Gasteiger partial charge in [-0.15, -0.1) is 0 Å². The van der Waals surface area contributed by atoms with Crippen LogP contribution in [0.25, 0.3) is 16.6 Å². The van der Waals surface area contributed by atoms with Crippen LogP contribution in [0.2, 0.25) is 0 Å². The first kappa shape index (κ1) is 20.9. The Morgan fingerprint density at radius 2 is 2.00 bits per heavy atom. The Balaban J connectivity index is 1.39. The van der Waals surface area contributed by atoms with Gasteiger partial charge in [-0.1, -0.05) is 43.3 Å². The van der Waals surface area contributed by atoms with E-state index in [9.17, 15) is 4.39 Å². The predicted octanol–water partition coefficient (Wildman–Crippen LogP) is 6.14. The van der Waals surface area contributed by atoms with E-state index >= 15 is 0 Å². The van der Waals surface area contributed by atoms with E-state index in [1.165, 1.54) is 47.6 Å². The van der Waals surface area contributed by atoms with Gasteiger partial charge in [0.2, 0.25) is 0 Å². The summed E-state index contributed by atoms with van der Waals surface area (Å²) in [6.07, 6.45) is 7.05. The monoisotopic (exact) mass is 461 g/mol. The van der Waals surface area contributed by atoms with Crippen molar-refractivity contribution < 1.29 is 9.13 Å². The van der Waals surface area contributed by atoms with Gasteiger partial charge >= 0.3 is 0 Å². The Kier molecular flexibility index (Phi) is 5.03. The fourth-order valence-corrected chi connectivity index (χ4v) is 6.51. The minimum atomic E-state index is -0.346. The van der Waals surface area contributed by atoms with Crippen molar-refractivity contribution in [2.45, 2.75) is 38.6 Å². The Bertz CT molecular complexity index is 1280. The molecule has 33 heavy (non-hydrogen) atoms. The SMILES string of the molecule is CC[C@@]12C=C(COC(=S)Nc3ccccc3F)n3c4c(c5ccccc53)CCN(CCC1)[C@H]42. The van der Waals surface area contributed by atoms with E-state index in [1.54, 1.807) is 18.2 Å². The summed E-state index contributed by atoms with van der Waals surface area (Å²) in [5, 5.41) is 4.44. The summed E-state index contributed by atoms with van der Waals surface area (Å²) in [7, 11) is 0. The fraction of sp³-hybridized carbons (Fsp3) is 0.370. The first-order valence-corrected chi connectivity index (χ1v) is 12.3. The molecule has 0 saturated carbocycles. The van der Waals surface area contributed by atoms with Crippen molar-refractivity contribution >= 4 is 39.7 Å². The topological polar surface area (TPSA) is 29.4 Å². The van der Waals surface area contributed by atoms with Crippen LogP contribution in [0.5, 0.6) is 0 Å². The van der Waals surface area contributed by atoms with Crippen molar-refractivity contribution in [3.8, 4) is 0 Å². The summed E-state index contributed by atoms with van der Waals surface area (Å²) in [4.78, 5) is 2.70. The van der Waals surface area contributed by atoms with Crippen molar-refractivity contribution in [3.63, 3.8) is 0 Å². The molecule has 1 saturated heterocycles. The number of benzene rings is 2. The van der Waals surface area contributed by atoms with Gasteiger partial charge in [-0.2, -0.15) is 0 Å². The number of hydrogen-bond acceptors (Lipinski definition) is 3. The highest BCUT2D eigenvalue weighted by Gasteiger charge is 2.50. The number of anilines is 1. The van der Waals surface area contributed by atoms with Crippen molar-refractivity contribution in [1.82, 2.24) is 9.47 Å². The lowest BCUT2D eigenvalue weighted by atomic mass is 9.66. The van der Waals surface area contributed by atoms with Gasteiger partial charge in [0.15, 0.2) is 0 Å². The van der Waals surface area contributed by atoms with Crippen LogP contribution in [-0.4, -0.2) is 34.3 Å². The maximum Gasteiger partial charge on any atom is 0.261 e. The Morgan fingerprint density at radius 3 is 2.85 bits per heavy atom. The number of rotatable bonds is 4. The van der Waals surface area contributed by atoms with Crippen molar-refractivity contribution in [1.29, 1.82) is 0 Å². The quantitative estimate of drug-likeness (QED) is 0.473. The van der Waals surface area contributed by atoms with Crippen LogP contribution in [0.4, 0.5) is 10.1 Å². The third-order valence-corrected chi connectivity index (χ3v) is 8.01. The third-order valence-electron chi connectivity index (χ3n) is 7.79. The van der Waals surface area contributed by atoms with Gasteiger partial charge in [0.25, 0.3) is 5.17 Å². The third kappa shape index (κ3) is 3.22. The van der Waals surface area contributed by atoms with E-state index in [4.69, 9.17) is 17.0 Å². The molecule has 2 aromatic carbocycles. The molecule has 0 radical (unpaired) electrons. The average Bonchev–Trinajstić information content (AvgIpc) is 3.18. The van der Waals surface area contributed by atoms with E-state index < -0.39 is 0 Å². The molecule has 0 unspecified atom stereocenters. The van der Waals surface area contributed by atoms with E-state index in [0.29, 0.717) is 18.3 Å². The molecule has 170 valence electrons. The largest absolute Gasteiger partial charge is 0.464 e. The van der Waals surface area contributed by atoms with Crippen LogP contribution >= 0.6 is 12.2 Å². The van der Waals surface area contributed by atoms with E-state index in [1.807, 2.05) is 0 Å². The molecule has 6 heteroatoms. The molecule has 6 rings (SSSR count). The van der Waals surface area contributed by atoms with E-state index in [-0.39, 0.29) is 16.4 Å². The van der Waals surface area contributed by atoms with Gasteiger partial charge in [0, 0.05) is 23.0 Å². The molecule has 0 bridgehead atoms. The summed E-state index contributed by atoms with van der Waals surface area (Å²) < 4.78 is 22.5. The molecule has 0 spiro atoms. The van der Waals surface area contributed by atoms with Crippen molar-refractivity contribution in [3.05, 3.63) is 71.7 Å². The molecule has 1 fully saturated rings. The number of piperidine rings is 1. The second-order valence-electron chi connectivity index (χ2n) is 9.41. The van der Waals surface area contributed by atoms with Crippen LogP contribution in [-0.2, 0) is 11.2 Å². The Hall–Kier alpha value is -2.70. The maximum absolute atomic E-state index is 14.0. The molecule has 0 aliphatic carbocycles. The van der Waals surface area contributed by atoms with Crippen LogP contribution < -0.4 is 5.32 Å². The molecule has 0 amide bonds. The number of hydrogen-bond donors (Lipinski definition) is 1. The highest BCUT2D eigenvalue weighted by Crippen LogP contribution is 2.56. The molecule has 1 aromatic heterocycles. The van der Waals surface area contributed by atoms with Gasteiger partial charge in [0.05, 0.1) is 22.9 Å². The minimum absolute atomic E-state index is 0.108. The number of para-hydroxylation sites is 2. The summed E-state index contributed by atoms with van der Waals surface area (Å²) in [5.41, 5.74) is 5.74. The number of nitrogens with one attached hydrogen (secondary N) is 1. The lowest BCUT2D eigenvalue weighted by Crippen LogP contribution is -2.50. The lowest BCUT2D eigenvalue weighted by molar-refractivity contribution is 0.0264. The zero-order valence-electron chi connectivity index (χ0n) is 18.8. The zero-order valence-corrected chi connectivity index (χ0v) is 19.6. The second-order valence-corrected chi connectivity index (χ2v) is 9.78. The first-order chi connectivity index (χ1) is 16.1. The predicted molar refractivity (Wildman–Crippen MR) is 135 cm³/mol. The summed E-state index contributed by atoms with van der Waals surface area (Å²) in [6, 6.07) is 15.6. The number of halogens is 1. The summed E-state index contributed by atoms with van der Waals surface area (Å²) >= 11 is 5.42. The zero-order chi connectivity index (χ0) is 22.6. The standard InChI is InChI=1S/C27H28FN3OS/c1-2-27-13-7-14-30-15-12-20-19-8-3-6-11-23(19)31(24(20)25(27)30)18(16-27)17-32-26(33)29-22-10-5-4-9-21(22)28/h3-6,8-11,16,25H,2,7,12-15,17H2,1H3,(H,29,33)/t25-,27+/m1/s1. The molecule has 2 atom stereocenters. The molecule has 3 aromatic rings. The van der Waals surface area contributed by atoms with Gasteiger partial charge in [-0.25, -0.2) is 4.39 Å². The smallest absolute Gasteiger partial charge is 0.261 e. The number of thiocarbonyl (C=S) groups is 1. The molecule has 1 N–H and O–H groups in total.